The normalized spacial score (nSPS) is 31.9. The molecule has 1 aromatic rings. The maximum absolute atomic E-state index is 14.0. The summed E-state index contributed by atoms with van der Waals surface area (Å²) in [6, 6.07) is 0. The molecule has 1 saturated heterocycles. The molecule has 12 heteroatoms. The predicted molar refractivity (Wildman–Crippen MR) is 61.3 cm³/mol. The molecule has 2 rings (SSSR count). The zero-order valence-electron chi connectivity index (χ0n) is 10.2. The van der Waals surface area contributed by atoms with Gasteiger partial charge in [0, 0.05) is 4.91 Å². The van der Waals surface area contributed by atoms with Crippen molar-refractivity contribution in [2.24, 2.45) is 5.11 Å². The van der Waals surface area contributed by atoms with Gasteiger partial charge in [0.25, 0.3) is 5.56 Å². The van der Waals surface area contributed by atoms with Crippen LogP contribution in [-0.4, -0.2) is 44.4 Å². The van der Waals surface area contributed by atoms with E-state index in [1.54, 1.807) is 4.98 Å². The van der Waals surface area contributed by atoms with E-state index in [0.29, 0.717) is 10.8 Å². The molecule has 0 amide bonds. The molecule has 4 atom stereocenters. The zero-order valence-corrected chi connectivity index (χ0v) is 10.2. The lowest BCUT2D eigenvalue weighted by molar-refractivity contribution is -0.124. The summed E-state index contributed by atoms with van der Waals surface area (Å²) in [5.41, 5.74) is 3.51. The number of azide groups is 1. The van der Waals surface area contributed by atoms with Crippen LogP contribution in [0.4, 0.5) is 8.78 Å². The molecule has 3 N–H and O–H groups in total. The second-order valence-electron chi connectivity index (χ2n) is 4.23. The first-order chi connectivity index (χ1) is 9.86. The van der Waals surface area contributed by atoms with Crippen LogP contribution < -0.4 is 11.2 Å². The topological polar surface area (TPSA) is 153 Å². The fourth-order valence-corrected chi connectivity index (χ4v) is 1.93. The number of rotatable bonds is 3. The van der Waals surface area contributed by atoms with Crippen molar-refractivity contribution in [2.75, 3.05) is 6.61 Å². The predicted octanol–water partition coefficient (Wildman–Crippen LogP) is -1.10. The van der Waals surface area contributed by atoms with Gasteiger partial charge < -0.3 is 14.9 Å². The lowest BCUT2D eigenvalue weighted by Gasteiger charge is -2.23. The quantitative estimate of drug-likeness (QED) is 0.367. The van der Waals surface area contributed by atoms with Gasteiger partial charge in [-0.2, -0.15) is 4.39 Å². The van der Waals surface area contributed by atoms with Gasteiger partial charge in [-0.05, 0) is 5.53 Å². The van der Waals surface area contributed by atoms with E-state index < -0.39 is 47.9 Å². The second kappa shape index (κ2) is 5.26. The van der Waals surface area contributed by atoms with Gasteiger partial charge in [0.05, 0.1) is 12.8 Å². The molecule has 2 heterocycles. The van der Waals surface area contributed by atoms with E-state index in [9.17, 15) is 23.5 Å². The molecule has 1 aromatic heterocycles. The summed E-state index contributed by atoms with van der Waals surface area (Å²) in [7, 11) is 0. The van der Waals surface area contributed by atoms with E-state index in [2.05, 4.69) is 10.0 Å². The molecular formula is C9H9F2N5O5. The lowest BCUT2D eigenvalue weighted by atomic mass is 10.1. The second-order valence-corrected chi connectivity index (χ2v) is 4.23. The van der Waals surface area contributed by atoms with E-state index in [0.717, 1.165) is 0 Å². The Kier molecular flexibility index (Phi) is 3.78. The first-order valence-corrected chi connectivity index (χ1v) is 5.54. The number of aromatic amines is 1. The van der Waals surface area contributed by atoms with Gasteiger partial charge in [0.1, 0.15) is 6.10 Å². The molecule has 0 radical (unpaired) electrons. The smallest absolute Gasteiger partial charge is 0.330 e. The fraction of sp³-hybridized carbons (Fsp3) is 0.556. The van der Waals surface area contributed by atoms with Crippen LogP contribution in [0.2, 0.25) is 0 Å². The molecule has 21 heavy (non-hydrogen) atoms. The number of H-pyrrole nitrogens is 1. The van der Waals surface area contributed by atoms with Crippen LogP contribution in [-0.2, 0) is 4.74 Å². The van der Waals surface area contributed by atoms with Crippen molar-refractivity contribution < 1.29 is 23.7 Å². The van der Waals surface area contributed by atoms with Gasteiger partial charge in [-0.15, -0.1) is 0 Å². The SMILES string of the molecule is [N-]=[N+]=N[C@]1(CO)O[C@@H](n2cc(F)c(=O)[nH]c2=O)[C@@H](F)[C@@H]1O. The highest BCUT2D eigenvalue weighted by atomic mass is 19.1. The number of aromatic nitrogens is 2. The molecule has 0 unspecified atom stereocenters. The largest absolute Gasteiger partial charge is 0.393 e. The molecule has 0 bridgehead atoms. The van der Waals surface area contributed by atoms with E-state index in [1.165, 1.54) is 0 Å². The third kappa shape index (κ3) is 2.29. The Balaban J connectivity index is 2.52. The van der Waals surface area contributed by atoms with Gasteiger partial charge in [-0.1, -0.05) is 5.11 Å². The van der Waals surface area contributed by atoms with Gasteiger partial charge >= 0.3 is 5.69 Å². The first kappa shape index (κ1) is 15.1. The summed E-state index contributed by atoms with van der Waals surface area (Å²) in [4.78, 5) is 26.3. The molecule has 10 nitrogen and oxygen atoms in total. The highest BCUT2D eigenvalue weighted by molar-refractivity contribution is 5.01. The minimum Gasteiger partial charge on any atom is -0.393 e. The van der Waals surface area contributed by atoms with Crippen LogP contribution in [0.3, 0.4) is 0 Å². The number of hydrogen-bond donors (Lipinski definition) is 3. The standard InChI is InChI=1S/C9H9F2N5O5/c10-3-1-16(8(20)13-6(3)19)7-4(11)5(18)9(2-17,21-7)14-15-12/h1,4-5,7,17-18H,2H2,(H,13,19,20)/t4-,5-,7+,9+/m0/s1. The summed E-state index contributed by atoms with van der Waals surface area (Å²) >= 11 is 0. The Bertz CT molecular complexity index is 713. The number of ether oxygens (including phenoxy) is 1. The van der Waals surface area contributed by atoms with Crippen LogP contribution in [0.5, 0.6) is 0 Å². The third-order valence-electron chi connectivity index (χ3n) is 3.00. The Labute approximate surface area is 113 Å². The van der Waals surface area contributed by atoms with Crippen molar-refractivity contribution in [3.8, 4) is 0 Å². The van der Waals surface area contributed by atoms with Crippen molar-refractivity contribution >= 4 is 0 Å². The lowest BCUT2D eigenvalue weighted by Crippen LogP contribution is -2.43. The monoisotopic (exact) mass is 305 g/mol. The summed E-state index contributed by atoms with van der Waals surface area (Å²) < 4.78 is 32.5. The molecule has 1 fully saturated rings. The van der Waals surface area contributed by atoms with E-state index in [1.807, 2.05) is 0 Å². The summed E-state index contributed by atoms with van der Waals surface area (Å²) in [5.74, 6) is -1.38. The summed E-state index contributed by atoms with van der Waals surface area (Å²) in [6.45, 7) is -1.07. The molecule has 1 aliphatic heterocycles. The van der Waals surface area contributed by atoms with E-state index >= 15 is 0 Å². The van der Waals surface area contributed by atoms with Crippen LogP contribution in [0, 0.1) is 5.82 Å². The number of halogens is 2. The number of nitrogens with one attached hydrogen (secondary N) is 1. The van der Waals surface area contributed by atoms with Crippen molar-refractivity contribution in [1.82, 2.24) is 9.55 Å². The van der Waals surface area contributed by atoms with Crippen LogP contribution in [0.15, 0.2) is 20.9 Å². The first-order valence-electron chi connectivity index (χ1n) is 5.54. The molecule has 0 spiro atoms. The van der Waals surface area contributed by atoms with E-state index in [4.69, 9.17) is 15.4 Å². The van der Waals surface area contributed by atoms with Crippen molar-refractivity contribution in [2.45, 2.75) is 24.2 Å². The Morgan fingerprint density at radius 2 is 2.29 bits per heavy atom. The molecule has 114 valence electrons. The maximum atomic E-state index is 14.0. The van der Waals surface area contributed by atoms with Crippen molar-refractivity contribution in [1.29, 1.82) is 0 Å². The molecule has 0 aromatic carbocycles. The van der Waals surface area contributed by atoms with Gasteiger partial charge in [0.15, 0.2) is 12.4 Å². The Hall–Kier alpha value is -2.27. The average molecular weight is 305 g/mol. The molecule has 1 aliphatic rings. The van der Waals surface area contributed by atoms with Crippen molar-refractivity contribution in [3.63, 3.8) is 0 Å². The molecule has 0 aliphatic carbocycles. The zero-order chi connectivity index (χ0) is 15.8. The minimum atomic E-state index is -2.36. The Morgan fingerprint density at radius 3 is 2.86 bits per heavy atom. The van der Waals surface area contributed by atoms with Crippen LogP contribution >= 0.6 is 0 Å². The maximum Gasteiger partial charge on any atom is 0.330 e. The summed E-state index contributed by atoms with van der Waals surface area (Å²) in [5, 5.41) is 21.8. The minimum absolute atomic E-state index is 0.342. The number of nitrogens with zero attached hydrogens (tertiary/aromatic N) is 4. The van der Waals surface area contributed by atoms with Gasteiger partial charge in [0.2, 0.25) is 11.5 Å². The van der Waals surface area contributed by atoms with Crippen LogP contribution in [0.1, 0.15) is 6.23 Å². The number of aliphatic hydroxyl groups is 2. The molecular weight excluding hydrogens is 296 g/mol. The Morgan fingerprint density at radius 1 is 1.62 bits per heavy atom. The third-order valence-corrected chi connectivity index (χ3v) is 3.00. The highest BCUT2D eigenvalue weighted by Crippen LogP contribution is 2.39. The van der Waals surface area contributed by atoms with E-state index in [-0.39, 0.29) is 0 Å². The number of alkyl halides is 1. The number of aliphatic hydroxyl groups excluding tert-OH is 2. The van der Waals surface area contributed by atoms with Gasteiger partial charge in [-0.3, -0.25) is 14.3 Å². The van der Waals surface area contributed by atoms with Crippen LogP contribution in [0.25, 0.3) is 10.4 Å². The van der Waals surface area contributed by atoms with Crippen molar-refractivity contribution in [3.05, 3.63) is 43.3 Å². The highest BCUT2D eigenvalue weighted by Gasteiger charge is 2.56. The fourth-order valence-electron chi connectivity index (χ4n) is 1.93. The molecule has 0 saturated carbocycles. The average Bonchev–Trinajstić information content (AvgIpc) is 2.69. The summed E-state index contributed by atoms with van der Waals surface area (Å²) in [6.07, 6.45) is -5.92. The number of hydrogen-bond acceptors (Lipinski definition) is 6. The van der Waals surface area contributed by atoms with Gasteiger partial charge in [-0.25, -0.2) is 9.18 Å².